The van der Waals surface area contributed by atoms with Gasteiger partial charge < -0.3 is 5.73 Å². The van der Waals surface area contributed by atoms with E-state index in [0.29, 0.717) is 11.1 Å². The molecule has 6 heteroatoms. The van der Waals surface area contributed by atoms with Crippen LogP contribution in [0, 0.1) is 11.3 Å². The van der Waals surface area contributed by atoms with Crippen LogP contribution in [-0.4, -0.2) is 20.5 Å². The number of nitriles is 1. The summed E-state index contributed by atoms with van der Waals surface area (Å²) >= 11 is 0. The quantitative estimate of drug-likeness (QED) is 0.873. The van der Waals surface area contributed by atoms with Crippen LogP contribution in [0.2, 0.25) is 0 Å². The molecule has 0 amide bonds. The number of sulfonamides is 1. The molecule has 20 heavy (non-hydrogen) atoms. The summed E-state index contributed by atoms with van der Waals surface area (Å²) in [5.74, 6) is -0.0543. The molecule has 0 unspecified atom stereocenters. The van der Waals surface area contributed by atoms with Gasteiger partial charge in [-0.15, -0.1) is 0 Å². The van der Waals surface area contributed by atoms with Crippen molar-refractivity contribution in [3.8, 4) is 6.07 Å². The molecule has 0 aromatic heterocycles. The first-order valence-corrected chi connectivity index (χ1v) is 8.38. The molecule has 1 saturated carbocycles. The zero-order valence-electron chi connectivity index (χ0n) is 11.2. The Bertz CT molecular complexity index is 582. The van der Waals surface area contributed by atoms with E-state index in [1.165, 1.54) is 0 Å². The first-order chi connectivity index (χ1) is 9.48. The average Bonchev–Trinajstić information content (AvgIpc) is 2.41. The highest BCUT2D eigenvalue weighted by Crippen LogP contribution is 2.18. The molecule has 2 rings (SSSR count). The summed E-state index contributed by atoms with van der Waals surface area (Å²) < 4.78 is 26.9. The maximum atomic E-state index is 12.1. The number of rotatable bonds is 4. The van der Waals surface area contributed by atoms with Crippen LogP contribution >= 0.6 is 0 Å². The standard InChI is InChI=1S/C14H19N3O2S/c15-9-11-1-3-12(4-2-11)10-20(18,19)17-14-7-5-13(16)6-8-14/h1-4,13-14,17H,5-8,10,16H2. The number of nitrogens with zero attached hydrogens (tertiary/aromatic N) is 1. The zero-order chi connectivity index (χ0) is 14.6. The molecule has 0 spiro atoms. The zero-order valence-corrected chi connectivity index (χ0v) is 12.1. The minimum atomic E-state index is -3.35. The molecular weight excluding hydrogens is 274 g/mol. The van der Waals surface area contributed by atoms with Gasteiger partial charge in [0.15, 0.2) is 0 Å². The SMILES string of the molecule is N#Cc1ccc(CS(=O)(=O)NC2CCC(N)CC2)cc1. The van der Waals surface area contributed by atoms with E-state index >= 15 is 0 Å². The van der Waals surface area contributed by atoms with Gasteiger partial charge in [0.2, 0.25) is 10.0 Å². The Hall–Kier alpha value is -1.42. The van der Waals surface area contributed by atoms with Gasteiger partial charge in [0.25, 0.3) is 0 Å². The summed E-state index contributed by atoms with van der Waals surface area (Å²) in [6, 6.07) is 8.82. The van der Waals surface area contributed by atoms with Gasteiger partial charge in [0.1, 0.15) is 0 Å². The summed E-state index contributed by atoms with van der Waals surface area (Å²) in [6.07, 6.45) is 3.33. The van der Waals surface area contributed by atoms with E-state index < -0.39 is 10.0 Å². The van der Waals surface area contributed by atoms with Crippen molar-refractivity contribution in [2.24, 2.45) is 5.73 Å². The summed E-state index contributed by atoms with van der Waals surface area (Å²) in [7, 11) is -3.35. The van der Waals surface area contributed by atoms with Gasteiger partial charge in [-0.2, -0.15) is 5.26 Å². The Labute approximate surface area is 119 Å². The largest absolute Gasteiger partial charge is 0.328 e. The van der Waals surface area contributed by atoms with E-state index in [2.05, 4.69) is 4.72 Å². The fraction of sp³-hybridized carbons (Fsp3) is 0.500. The Morgan fingerprint density at radius 3 is 2.35 bits per heavy atom. The molecule has 1 aromatic carbocycles. The van der Waals surface area contributed by atoms with Crippen LogP contribution in [0.3, 0.4) is 0 Å². The first-order valence-electron chi connectivity index (χ1n) is 6.73. The predicted octanol–water partition coefficient (Wildman–Crippen LogP) is 1.25. The Balaban J connectivity index is 1.95. The van der Waals surface area contributed by atoms with E-state index in [1.807, 2.05) is 6.07 Å². The highest BCUT2D eigenvalue weighted by atomic mass is 32.2. The van der Waals surface area contributed by atoms with Gasteiger partial charge in [-0.3, -0.25) is 0 Å². The van der Waals surface area contributed by atoms with Crippen molar-refractivity contribution in [1.82, 2.24) is 4.72 Å². The van der Waals surface area contributed by atoms with Crippen molar-refractivity contribution in [2.75, 3.05) is 0 Å². The maximum Gasteiger partial charge on any atom is 0.216 e. The van der Waals surface area contributed by atoms with Crippen LogP contribution in [0.15, 0.2) is 24.3 Å². The van der Waals surface area contributed by atoms with Crippen molar-refractivity contribution in [3.05, 3.63) is 35.4 Å². The van der Waals surface area contributed by atoms with Crippen LogP contribution in [-0.2, 0) is 15.8 Å². The molecule has 0 aliphatic heterocycles. The fourth-order valence-corrected chi connectivity index (χ4v) is 3.89. The number of hydrogen-bond acceptors (Lipinski definition) is 4. The van der Waals surface area contributed by atoms with Crippen LogP contribution in [0.5, 0.6) is 0 Å². The molecule has 1 fully saturated rings. The summed E-state index contributed by atoms with van der Waals surface area (Å²) in [6.45, 7) is 0. The monoisotopic (exact) mass is 293 g/mol. The molecule has 1 aliphatic rings. The van der Waals surface area contributed by atoms with E-state index in [1.54, 1.807) is 24.3 Å². The Morgan fingerprint density at radius 2 is 1.80 bits per heavy atom. The average molecular weight is 293 g/mol. The van der Waals surface area contributed by atoms with Crippen molar-refractivity contribution in [1.29, 1.82) is 5.26 Å². The van der Waals surface area contributed by atoms with E-state index in [9.17, 15) is 8.42 Å². The molecule has 1 aliphatic carbocycles. The molecule has 0 saturated heterocycles. The van der Waals surface area contributed by atoms with Crippen LogP contribution in [0.1, 0.15) is 36.8 Å². The lowest BCUT2D eigenvalue weighted by Gasteiger charge is -2.26. The second-order valence-corrected chi connectivity index (χ2v) is 7.05. The molecule has 3 N–H and O–H groups in total. The summed E-state index contributed by atoms with van der Waals surface area (Å²) in [4.78, 5) is 0. The van der Waals surface area contributed by atoms with Crippen LogP contribution in [0.25, 0.3) is 0 Å². The second-order valence-electron chi connectivity index (χ2n) is 5.30. The van der Waals surface area contributed by atoms with Crippen molar-refractivity contribution >= 4 is 10.0 Å². The first kappa shape index (κ1) is 15.0. The molecule has 1 aromatic rings. The van der Waals surface area contributed by atoms with E-state index in [-0.39, 0.29) is 17.8 Å². The smallest absolute Gasteiger partial charge is 0.216 e. The van der Waals surface area contributed by atoms with Crippen LogP contribution in [0.4, 0.5) is 0 Å². The number of nitrogens with two attached hydrogens (primary N) is 1. The van der Waals surface area contributed by atoms with Gasteiger partial charge in [0.05, 0.1) is 17.4 Å². The Kier molecular flexibility index (Phi) is 4.76. The normalized spacial score (nSPS) is 23.2. The lowest BCUT2D eigenvalue weighted by molar-refractivity contribution is 0.373. The van der Waals surface area contributed by atoms with Gasteiger partial charge in [-0.25, -0.2) is 13.1 Å². The molecule has 108 valence electrons. The minimum absolute atomic E-state index is 0.00168. The summed E-state index contributed by atoms with van der Waals surface area (Å²) in [5.41, 5.74) is 7.02. The molecule has 0 heterocycles. The third-order valence-electron chi connectivity index (χ3n) is 3.56. The minimum Gasteiger partial charge on any atom is -0.328 e. The van der Waals surface area contributed by atoms with Gasteiger partial charge in [0, 0.05) is 12.1 Å². The van der Waals surface area contributed by atoms with Crippen molar-refractivity contribution in [2.45, 2.75) is 43.5 Å². The highest BCUT2D eigenvalue weighted by Gasteiger charge is 2.23. The van der Waals surface area contributed by atoms with E-state index in [0.717, 1.165) is 25.7 Å². The number of hydrogen-bond donors (Lipinski definition) is 2. The molecule has 0 atom stereocenters. The topological polar surface area (TPSA) is 96.0 Å². The maximum absolute atomic E-state index is 12.1. The van der Waals surface area contributed by atoms with E-state index in [4.69, 9.17) is 11.0 Å². The third-order valence-corrected chi connectivity index (χ3v) is 4.96. The molecule has 0 radical (unpaired) electrons. The fourth-order valence-electron chi connectivity index (χ4n) is 2.43. The predicted molar refractivity (Wildman–Crippen MR) is 77.1 cm³/mol. The molecule has 0 bridgehead atoms. The highest BCUT2D eigenvalue weighted by molar-refractivity contribution is 7.88. The third kappa shape index (κ3) is 4.30. The summed E-state index contributed by atoms with van der Waals surface area (Å²) in [5, 5.41) is 8.71. The molecule has 5 nitrogen and oxygen atoms in total. The number of nitrogens with one attached hydrogen (secondary N) is 1. The molecular formula is C14H19N3O2S. The van der Waals surface area contributed by atoms with Gasteiger partial charge >= 0.3 is 0 Å². The van der Waals surface area contributed by atoms with Crippen molar-refractivity contribution < 1.29 is 8.42 Å². The lowest BCUT2D eigenvalue weighted by atomic mass is 9.93. The lowest BCUT2D eigenvalue weighted by Crippen LogP contribution is -2.40. The van der Waals surface area contributed by atoms with Crippen LogP contribution < -0.4 is 10.5 Å². The van der Waals surface area contributed by atoms with Gasteiger partial charge in [-0.05, 0) is 43.4 Å². The van der Waals surface area contributed by atoms with Crippen molar-refractivity contribution in [3.63, 3.8) is 0 Å². The number of benzene rings is 1. The second kappa shape index (κ2) is 6.35. The Morgan fingerprint density at radius 1 is 1.20 bits per heavy atom. The van der Waals surface area contributed by atoms with Gasteiger partial charge in [-0.1, -0.05) is 12.1 Å².